The van der Waals surface area contributed by atoms with Gasteiger partial charge in [-0.05, 0) is 75.9 Å². The van der Waals surface area contributed by atoms with Crippen molar-refractivity contribution in [3.8, 4) is 0 Å². The molecule has 5 aromatic carbocycles. The molecule has 2 saturated heterocycles. The van der Waals surface area contributed by atoms with Crippen LogP contribution in [0.5, 0.6) is 0 Å². The lowest BCUT2D eigenvalue weighted by Crippen LogP contribution is -2.39. The summed E-state index contributed by atoms with van der Waals surface area (Å²) in [4.78, 5) is 30.7. The van der Waals surface area contributed by atoms with E-state index in [4.69, 9.17) is 9.84 Å². The predicted molar refractivity (Wildman–Crippen MR) is 199 cm³/mol. The number of fused-ring (bicyclic) bond motifs is 1. The van der Waals surface area contributed by atoms with Crippen LogP contribution >= 0.6 is 22.6 Å². The second-order valence-electron chi connectivity index (χ2n) is 12.9. The fraction of sp³-hybridized carbons (Fsp3) is 0.195. The van der Waals surface area contributed by atoms with E-state index in [-0.39, 0.29) is 18.6 Å². The van der Waals surface area contributed by atoms with E-state index in [1.165, 1.54) is 0 Å². The number of anilines is 1. The largest absolute Gasteiger partial charge is 0.445 e. The minimum atomic E-state index is -0.747. The van der Waals surface area contributed by atoms with Gasteiger partial charge in [-0.25, -0.2) is 9.48 Å². The number of rotatable bonds is 7. The third-order valence-electron chi connectivity index (χ3n) is 10.2. The lowest BCUT2D eigenvalue weighted by molar-refractivity contribution is -0.124. The van der Waals surface area contributed by atoms with Crippen molar-refractivity contribution in [1.82, 2.24) is 14.7 Å². The molecule has 0 radical (unpaired) electrons. The van der Waals surface area contributed by atoms with Crippen molar-refractivity contribution in [3.05, 3.63) is 165 Å². The molecule has 3 heterocycles. The molecule has 2 aliphatic heterocycles. The lowest BCUT2D eigenvalue weighted by Gasteiger charge is -2.37. The summed E-state index contributed by atoms with van der Waals surface area (Å²) in [6.07, 6.45) is 0.963. The maximum absolute atomic E-state index is 14.1. The van der Waals surface area contributed by atoms with Crippen LogP contribution in [-0.4, -0.2) is 46.3 Å². The standard InChI is InChI=1S/C41H35IN4O3/c42-37-35-27-34(45-26-24-40(38(45)47)23-25-44(29-40)39(48)49-28-30-13-5-1-6-14-30)21-22-36(35)46(43-37)41(31-15-7-2-8-16-31,32-17-9-3-10-18-32)33-19-11-4-12-20-33/h1-22,27H,23-26,28-29H2. The molecule has 2 aliphatic rings. The molecular weight excluding hydrogens is 723 g/mol. The van der Waals surface area contributed by atoms with Crippen LogP contribution < -0.4 is 4.90 Å². The van der Waals surface area contributed by atoms with Gasteiger partial charge in [-0.2, -0.15) is 5.10 Å². The van der Waals surface area contributed by atoms with Crippen LogP contribution in [0.3, 0.4) is 0 Å². The zero-order valence-corrected chi connectivity index (χ0v) is 29.1. The number of benzene rings is 5. The van der Waals surface area contributed by atoms with Crippen molar-refractivity contribution < 1.29 is 14.3 Å². The summed E-state index contributed by atoms with van der Waals surface area (Å²) in [5, 5.41) is 6.24. The first-order valence-corrected chi connectivity index (χ1v) is 17.7. The van der Waals surface area contributed by atoms with Crippen molar-refractivity contribution in [2.45, 2.75) is 25.0 Å². The van der Waals surface area contributed by atoms with Crippen molar-refractivity contribution >= 4 is 51.2 Å². The molecule has 2 amide bonds. The Labute approximate surface area is 299 Å². The van der Waals surface area contributed by atoms with E-state index in [9.17, 15) is 9.59 Å². The van der Waals surface area contributed by atoms with E-state index in [0.29, 0.717) is 32.5 Å². The number of halogens is 1. The van der Waals surface area contributed by atoms with Crippen molar-refractivity contribution in [1.29, 1.82) is 0 Å². The Morgan fingerprint density at radius 1 is 0.755 bits per heavy atom. The Morgan fingerprint density at radius 3 is 1.90 bits per heavy atom. The molecule has 1 atom stereocenters. The fourth-order valence-corrected chi connectivity index (χ4v) is 8.33. The third-order valence-corrected chi connectivity index (χ3v) is 10.9. The molecule has 7 nitrogen and oxygen atoms in total. The summed E-state index contributed by atoms with van der Waals surface area (Å²) >= 11 is 2.32. The van der Waals surface area contributed by atoms with Gasteiger partial charge in [-0.15, -0.1) is 0 Å². The number of hydrogen-bond donors (Lipinski definition) is 0. The first-order valence-electron chi connectivity index (χ1n) is 16.6. The van der Waals surface area contributed by atoms with E-state index in [1.807, 2.05) is 59.5 Å². The van der Waals surface area contributed by atoms with E-state index >= 15 is 0 Å². The van der Waals surface area contributed by atoms with E-state index < -0.39 is 11.0 Å². The third kappa shape index (κ3) is 5.38. The molecule has 0 N–H and O–H groups in total. The molecule has 1 spiro atoms. The zero-order valence-electron chi connectivity index (χ0n) is 26.9. The smallest absolute Gasteiger partial charge is 0.410 e. The summed E-state index contributed by atoms with van der Waals surface area (Å²) in [5.41, 5.74) is 4.71. The number of aromatic nitrogens is 2. The minimum Gasteiger partial charge on any atom is -0.445 e. The topological polar surface area (TPSA) is 67.7 Å². The zero-order chi connectivity index (χ0) is 33.4. The molecule has 0 aliphatic carbocycles. The monoisotopic (exact) mass is 758 g/mol. The number of carbonyl (C=O) groups is 2. The molecule has 6 aromatic rings. The highest BCUT2D eigenvalue weighted by Crippen LogP contribution is 2.45. The van der Waals surface area contributed by atoms with Crippen molar-refractivity contribution in [2.24, 2.45) is 5.41 Å². The summed E-state index contributed by atoms with van der Waals surface area (Å²) in [5.74, 6) is 0.0693. The average molecular weight is 759 g/mol. The maximum atomic E-state index is 14.1. The Kier molecular flexibility index (Phi) is 8.19. The molecule has 0 saturated carbocycles. The molecule has 1 aromatic heterocycles. The summed E-state index contributed by atoms with van der Waals surface area (Å²) in [7, 11) is 0. The normalized spacial score (nSPS) is 17.7. The highest BCUT2D eigenvalue weighted by molar-refractivity contribution is 14.1. The summed E-state index contributed by atoms with van der Waals surface area (Å²) in [6.45, 7) is 1.71. The first kappa shape index (κ1) is 31.3. The quantitative estimate of drug-likeness (QED) is 0.122. The van der Waals surface area contributed by atoms with Crippen molar-refractivity contribution in [2.75, 3.05) is 24.5 Å². The van der Waals surface area contributed by atoms with Gasteiger partial charge in [-0.3, -0.25) is 4.79 Å². The lowest BCUT2D eigenvalue weighted by atomic mass is 9.77. The average Bonchev–Trinajstić information content (AvgIpc) is 3.84. The van der Waals surface area contributed by atoms with Crippen LogP contribution in [0.15, 0.2) is 140 Å². The van der Waals surface area contributed by atoms with Gasteiger partial charge >= 0.3 is 6.09 Å². The Bertz CT molecular complexity index is 2030. The van der Waals surface area contributed by atoms with Crippen LogP contribution in [0.1, 0.15) is 35.1 Å². The van der Waals surface area contributed by atoms with Crippen LogP contribution in [0.2, 0.25) is 0 Å². The van der Waals surface area contributed by atoms with Gasteiger partial charge in [0.05, 0.1) is 10.9 Å². The van der Waals surface area contributed by atoms with E-state index in [1.54, 1.807) is 4.90 Å². The highest BCUT2D eigenvalue weighted by Gasteiger charge is 2.52. The van der Waals surface area contributed by atoms with Crippen LogP contribution in [-0.2, 0) is 21.7 Å². The molecule has 8 rings (SSSR count). The van der Waals surface area contributed by atoms with Crippen LogP contribution in [0.4, 0.5) is 10.5 Å². The molecule has 1 unspecified atom stereocenters. The number of likely N-dealkylation sites (tertiary alicyclic amines) is 1. The van der Waals surface area contributed by atoms with Gasteiger partial charge in [0.1, 0.15) is 15.8 Å². The maximum Gasteiger partial charge on any atom is 0.410 e. The molecule has 0 bridgehead atoms. The molecule has 244 valence electrons. The van der Waals surface area contributed by atoms with Gasteiger partial charge in [0.25, 0.3) is 0 Å². The van der Waals surface area contributed by atoms with Gasteiger partial charge < -0.3 is 14.5 Å². The molecular formula is C41H35IN4O3. The van der Waals surface area contributed by atoms with E-state index in [0.717, 1.165) is 42.5 Å². The Hall–Kier alpha value is -4.96. The van der Waals surface area contributed by atoms with Gasteiger partial charge in [0.2, 0.25) is 5.91 Å². The highest BCUT2D eigenvalue weighted by atomic mass is 127. The first-order chi connectivity index (χ1) is 24.0. The van der Waals surface area contributed by atoms with Crippen LogP contribution in [0.25, 0.3) is 10.9 Å². The SMILES string of the molecule is O=C(OCc1ccccc1)N1CCC2(CCN(c3ccc4c(c3)c(I)nn4C(c3ccccc3)(c3ccccc3)c3ccccc3)C2=O)C1. The Morgan fingerprint density at radius 2 is 1.31 bits per heavy atom. The van der Waals surface area contributed by atoms with Crippen LogP contribution in [0, 0.1) is 9.12 Å². The fourth-order valence-electron chi connectivity index (χ4n) is 7.68. The summed E-state index contributed by atoms with van der Waals surface area (Å²) in [6, 6.07) is 47.5. The number of nitrogens with zero attached hydrogens (tertiary/aromatic N) is 4. The second-order valence-corrected chi connectivity index (χ2v) is 13.9. The number of carbonyl (C=O) groups excluding carboxylic acids is 2. The summed E-state index contributed by atoms with van der Waals surface area (Å²) < 4.78 is 8.61. The molecule has 2 fully saturated rings. The van der Waals surface area contributed by atoms with E-state index in [2.05, 4.69) is 112 Å². The predicted octanol–water partition coefficient (Wildman–Crippen LogP) is 8.25. The van der Waals surface area contributed by atoms with Gasteiger partial charge in [-0.1, -0.05) is 121 Å². The van der Waals surface area contributed by atoms with Gasteiger partial charge in [0, 0.05) is 30.7 Å². The molecule has 8 heteroatoms. The minimum absolute atomic E-state index is 0.0693. The molecule has 49 heavy (non-hydrogen) atoms. The van der Waals surface area contributed by atoms with Gasteiger partial charge in [0.15, 0.2) is 0 Å². The number of ether oxygens (including phenoxy) is 1. The Balaban J connectivity index is 1.13. The second kappa shape index (κ2) is 12.8. The number of amides is 2. The number of hydrogen-bond acceptors (Lipinski definition) is 4. The van der Waals surface area contributed by atoms with Crippen molar-refractivity contribution in [3.63, 3.8) is 0 Å².